The van der Waals surface area contributed by atoms with Gasteiger partial charge in [-0.05, 0) is 42.7 Å². The zero-order valence-electron chi connectivity index (χ0n) is 11.9. The molecular weight excluding hydrogens is 244 g/mol. The van der Waals surface area contributed by atoms with Crippen LogP contribution in [0, 0.1) is 13.8 Å². The predicted molar refractivity (Wildman–Crippen MR) is 85.0 cm³/mol. The van der Waals surface area contributed by atoms with Gasteiger partial charge >= 0.3 is 0 Å². The largest absolute Gasteiger partial charge is 0.379 e. The molecule has 1 N–H and O–H groups in total. The Bertz CT molecular complexity index is 722. The van der Waals surface area contributed by atoms with E-state index >= 15 is 0 Å². The Morgan fingerprint density at radius 1 is 0.900 bits per heavy atom. The van der Waals surface area contributed by atoms with Crippen molar-refractivity contribution >= 4 is 16.6 Å². The summed E-state index contributed by atoms with van der Waals surface area (Å²) in [5.74, 6) is 0. The van der Waals surface area contributed by atoms with E-state index < -0.39 is 0 Å². The van der Waals surface area contributed by atoms with Gasteiger partial charge in [-0.2, -0.15) is 0 Å². The molecule has 0 fully saturated rings. The van der Waals surface area contributed by atoms with Gasteiger partial charge in [0.05, 0.1) is 11.2 Å². The molecule has 0 aliphatic carbocycles. The van der Waals surface area contributed by atoms with E-state index in [2.05, 4.69) is 66.6 Å². The molecule has 0 saturated carbocycles. The highest BCUT2D eigenvalue weighted by Gasteiger charge is 2.04. The Morgan fingerprint density at radius 2 is 1.60 bits per heavy atom. The number of anilines is 1. The molecule has 0 atom stereocenters. The fourth-order valence-electron chi connectivity index (χ4n) is 2.56. The number of para-hydroxylation sites is 1. The van der Waals surface area contributed by atoms with Crippen molar-refractivity contribution < 1.29 is 0 Å². The van der Waals surface area contributed by atoms with Gasteiger partial charge in [-0.1, -0.05) is 36.4 Å². The topological polar surface area (TPSA) is 24.9 Å². The fourth-order valence-corrected chi connectivity index (χ4v) is 2.56. The van der Waals surface area contributed by atoms with Crippen LogP contribution >= 0.6 is 0 Å². The number of fused-ring (bicyclic) bond motifs is 1. The highest BCUT2D eigenvalue weighted by atomic mass is 14.9. The summed E-state index contributed by atoms with van der Waals surface area (Å²) in [5.41, 5.74) is 6.13. The summed E-state index contributed by atoms with van der Waals surface area (Å²) in [7, 11) is 0. The standard InChI is InChI=1S/C18H18N2/c1-13-6-3-7-14(2)16(13)12-20-17-10-4-8-15-9-5-11-19-18(15)17/h3-11,20H,12H2,1-2H3. The molecule has 0 unspecified atom stereocenters. The molecule has 0 radical (unpaired) electrons. The molecule has 1 aromatic heterocycles. The van der Waals surface area contributed by atoms with Gasteiger partial charge in [-0.3, -0.25) is 4.98 Å². The minimum atomic E-state index is 0.828. The Kier molecular flexibility index (Phi) is 3.38. The summed E-state index contributed by atoms with van der Waals surface area (Å²) < 4.78 is 0. The van der Waals surface area contributed by atoms with Crippen molar-refractivity contribution in [1.29, 1.82) is 0 Å². The predicted octanol–water partition coefficient (Wildman–Crippen LogP) is 4.46. The van der Waals surface area contributed by atoms with Crippen LogP contribution < -0.4 is 5.32 Å². The molecule has 0 aliphatic heterocycles. The van der Waals surface area contributed by atoms with E-state index in [1.54, 1.807) is 0 Å². The zero-order chi connectivity index (χ0) is 13.9. The maximum atomic E-state index is 4.48. The summed E-state index contributed by atoms with van der Waals surface area (Å²) in [4.78, 5) is 4.48. The van der Waals surface area contributed by atoms with Crippen LogP contribution in [0.3, 0.4) is 0 Å². The molecule has 1 heterocycles. The van der Waals surface area contributed by atoms with E-state index in [-0.39, 0.29) is 0 Å². The number of hydrogen-bond acceptors (Lipinski definition) is 2. The van der Waals surface area contributed by atoms with E-state index in [0.717, 1.165) is 17.7 Å². The van der Waals surface area contributed by atoms with Crippen LogP contribution in [-0.4, -0.2) is 4.98 Å². The number of aryl methyl sites for hydroxylation is 2. The SMILES string of the molecule is Cc1cccc(C)c1CNc1cccc2cccnc12. The molecule has 0 saturated heterocycles. The quantitative estimate of drug-likeness (QED) is 0.753. The molecule has 0 aliphatic rings. The first-order valence-electron chi connectivity index (χ1n) is 6.88. The first-order valence-corrected chi connectivity index (χ1v) is 6.88. The van der Waals surface area contributed by atoms with Crippen LogP contribution in [0.2, 0.25) is 0 Å². The Balaban J connectivity index is 1.91. The van der Waals surface area contributed by atoms with Gasteiger partial charge in [0.15, 0.2) is 0 Å². The lowest BCUT2D eigenvalue weighted by Crippen LogP contribution is -2.04. The highest BCUT2D eigenvalue weighted by molar-refractivity contribution is 5.90. The lowest BCUT2D eigenvalue weighted by molar-refractivity contribution is 1.09. The first-order chi connectivity index (χ1) is 9.75. The second kappa shape index (κ2) is 5.33. The monoisotopic (exact) mass is 262 g/mol. The van der Waals surface area contributed by atoms with Crippen LogP contribution in [0.4, 0.5) is 5.69 Å². The molecule has 20 heavy (non-hydrogen) atoms. The average molecular weight is 262 g/mol. The second-order valence-corrected chi connectivity index (χ2v) is 5.10. The van der Waals surface area contributed by atoms with Crippen molar-refractivity contribution in [2.75, 3.05) is 5.32 Å². The maximum absolute atomic E-state index is 4.48. The molecule has 3 aromatic rings. The van der Waals surface area contributed by atoms with Gasteiger partial charge in [-0.25, -0.2) is 0 Å². The van der Waals surface area contributed by atoms with Gasteiger partial charge in [0.25, 0.3) is 0 Å². The van der Waals surface area contributed by atoms with Crippen LogP contribution in [0.25, 0.3) is 10.9 Å². The minimum absolute atomic E-state index is 0.828. The molecular formula is C18H18N2. The third-order valence-electron chi connectivity index (χ3n) is 3.73. The molecule has 3 rings (SSSR count). The summed E-state index contributed by atoms with van der Waals surface area (Å²) >= 11 is 0. The summed E-state index contributed by atoms with van der Waals surface area (Å²) in [6.07, 6.45) is 1.84. The summed E-state index contributed by atoms with van der Waals surface area (Å²) in [6, 6.07) is 16.7. The third-order valence-corrected chi connectivity index (χ3v) is 3.73. The van der Waals surface area contributed by atoms with Crippen molar-refractivity contribution in [2.24, 2.45) is 0 Å². The number of benzene rings is 2. The number of nitrogens with one attached hydrogen (secondary N) is 1. The molecule has 0 amide bonds. The summed E-state index contributed by atoms with van der Waals surface area (Å²) in [6.45, 7) is 5.14. The molecule has 2 heteroatoms. The Hall–Kier alpha value is -2.35. The molecule has 100 valence electrons. The van der Waals surface area contributed by atoms with Gasteiger partial charge in [0, 0.05) is 18.1 Å². The fraction of sp³-hybridized carbons (Fsp3) is 0.167. The van der Waals surface area contributed by atoms with Gasteiger partial charge in [-0.15, -0.1) is 0 Å². The zero-order valence-corrected chi connectivity index (χ0v) is 11.9. The summed E-state index contributed by atoms with van der Waals surface area (Å²) in [5, 5.41) is 4.69. The van der Waals surface area contributed by atoms with Crippen LogP contribution in [0.5, 0.6) is 0 Å². The van der Waals surface area contributed by atoms with Gasteiger partial charge < -0.3 is 5.32 Å². The Labute approximate surface area is 119 Å². The lowest BCUT2D eigenvalue weighted by atomic mass is 10.0. The average Bonchev–Trinajstić information content (AvgIpc) is 2.47. The first kappa shape index (κ1) is 12.7. The van der Waals surface area contributed by atoms with Gasteiger partial charge in [0.1, 0.15) is 0 Å². The van der Waals surface area contributed by atoms with E-state index in [1.165, 1.54) is 22.1 Å². The van der Waals surface area contributed by atoms with E-state index in [9.17, 15) is 0 Å². The van der Waals surface area contributed by atoms with Crippen molar-refractivity contribution in [2.45, 2.75) is 20.4 Å². The molecule has 0 bridgehead atoms. The second-order valence-electron chi connectivity index (χ2n) is 5.10. The van der Waals surface area contributed by atoms with Crippen molar-refractivity contribution in [3.8, 4) is 0 Å². The third kappa shape index (κ3) is 2.37. The van der Waals surface area contributed by atoms with E-state index in [1.807, 2.05) is 12.3 Å². The van der Waals surface area contributed by atoms with E-state index in [4.69, 9.17) is 0 Å². The lowest BCUT2D eigenvalue weighted by Gasteiger charge is -2.13. The highest BCUT2D eigenvalue weighted by Crippen LogP contribution is 2.22. The smallest absolute Gasteiger partial charge is 0.0933 e. The van der Waals surface area contributed by atoms with Gasteiger partial charge in [0.2, 0.25) is 0 Å². The molecule has 0 spiro atoms. The minimum Gasteiger partial charge on any atom is -0.379 e. The van der Waals surface area contributed by atoms with Crippen LogP contribution in [0.15, 0.2) is 54.7 Å². The molecule has 2 nitrogen and oxygen atoms in total. The number of hydrogen-bond donors (Lipinski definition) is 1. The number of aromatic nitrogens is 1. The normalized spacial score (nSPS) is 10.7. The van der Waals surface area contributed by atoms with Crippen molar-refractivity contribution in [1.82, 2.24) is 4.98 Å². The van der Waals surface area contributed by atoms with Crippen LogP contribution in [0.1, 0.15) is 16.7 Å². The van der Waals surface area contributed by atoms with Crippen LogP contribution in [-0.2, 0) is 6.54 Å². The maximum Gasteiger partial charge on any atom is 0.0933 e. The number of rotatable bonds is 3. The molecule has 2 aromatic carbocycles. The van der Waals surface area contributed by atoms with Crippen molar-refractivity contribution in [3.05, 3.63) is 71.4 Å². The number of nitrogens with zero attached hydrogens (tertiary/aromatic N) is 1. The van der Waals surface area contributed by atoms with E-state index in [0.29, 0.717) is 0 Å². The van der Waals surface area contributed by atoms with Crippen molar-refractivity contribution in [3.63, 3.8) is 0 Å². The number of pyridine rings is 1. The Morgan fingerprint density at radius 3 is 2.40 bits per heavy atom.